The van der Waals surface area contributed by atoms with Crippen LogP contribution >= 0.6 is 0 Å². The molecule has 1 heterocycles. The van der Waals surface area contributed by atoms with E-state index in [0.29, 0.717) is 25.4 Å². The van der Waals surface area contributed by atoms with Gasteiger partial charge in [-0.2, -0.15) is 0 Å². The highest BCUT2D eigenvalue weighted by Crippen LogP contribution is 2.18. The van der Waals surface area contributed by atoms with E-state index in [1.54, 1.807) is 0 Å². The highest BCUT2D eigenvalue weighted by atomic mass is 16.5. The van der Waals surface area contributed by atoms with Crippen LogP contribution in [-0.4, -0.2) is 43.3 Å². The molecule has 2 unspecified atom stereocenters. The Morgan fingerprint density at radius 1 is 1.00 bits per heavy atom. The molecule has 0 amide bonds. The maximum Gasteiger partial charge on any atom is 0.123 e. The second-order valence-electron chi connectivity index (χ2n) is 6.82. The highest BCUT2D eigenvalue weighted by molar-refractivity contribution is 5.41. The van der Waals surface area contributed by atoms with Crippen LogP contribution < -0.4 is 15.6 Å². The van der Waals surface area contributed by atoms with Crippen molar-refractivity contribution in [2.45, 2.75) is 32.6 Å². The Balaban J connectivity index is 1.46. The summed E-state index contributed by atoms with van der Waals surface area (Å²) >= 11 is 0. The van der Waals surface area contributed by atoms with Gasteiger partial charge >= 0.3 is 0 Å². The topological polar surface area (TPSA) is 45.8 Å². The van der Waals surface area contributed by atoms with E-state index >= 15 is 0 Å². The molecule has 1 aliphatic rings. The quantitative estimate of drug-likeness (QED) is 0.712. The first-order valence-electron chi connectivity index (χ1n) is 9.33. The summed E-state index contributed by atoms with van der Waals surface area (Å²) in [4.78, 5) is 2.41. The zero-order chi connectivity index (χ0) is 18.2. The lowest BCUT2D eigenvalue weighted by Gasteiger charge is -2.35. The van der Waals surface area contributed by atoms with Gasteiger partial charge in [-0.15, -0.1) is 0 Å². The molecule has 0 bridgehead atoms. The van der Waals surface area contributed by atoms with Crippen molar-refractivity contribution in [3.05, 3.63) is 60.2 Å². The van der Waals surface area contributed by atoms with Gasteiger partial charge in [0.1, 0.15) is 12.4 Å². The summed E-state index contributed by atoms with van der Waals surface area (Å²) in [6.07, 6.45) is 0.582. The van der Waals surface area contributed by atoms with Gasteiger partial charge < -0.3 is 14.9 Å². The predicted octanol–water partition coefficient (Wildman–Crippen LogP) is 3.29. The van der Waals surface area contributed by atoms with Crippen molar-refractivity contribution in [1.29, 1.82) is 0 Å². The van der Waals surface area contributed by atoms with Gasteiger partial charge in [0.15, 0.2) is 0 Å². The van der Waals surface area contributed by atoms with Gasteiger partial charge in [0.25, 0.3) is 0 Å². The largest absolute Gasteiger partial charge is 0.492 e. The summed E-state index contributed by atoms with van der Waals surface area (Å²) in [5.41, 5.74) is 8.64. The predicted molar refractivity (Wildman–Crippen MR) is 105 cm³/mol. The fourth-order valence-corrected chi connectivity index (χ4v) is 3.31. The van der Waals surface area contributed by atoms with Crippen molar-refractivity contribution in [1.82, 2.24) is 10.3 Å². The number of hydrogen-bond donors (Lipinski definition) is 2. The number of nitrogens with zero attached hydrogens (tertiary/aromatic N) is 1. The minimum absolute atomic E-state index is 0.291. The highest BCUT2D eigenvalue weighted by Gasteiger charge is 2.21. The van der Waals surface area contributed by atoms with Crippen LogP contribution in [0.2, 0.25) is 0 Å². The van der Waals surface area contributed by atoms with Gasteiger partial charge in [-0.3, -0.25) is 4.90 Å². The fraction of sp³-hybridized carbons (Fsp3) is 0.429. The van der Waals surface area contributed by atoms with Crippen LogP contribution in [0, 0.1) is 0 Å². The first kappa shape index (κ1) is 18.7. The molecule has 140 valence electrons. The average molecular weight is 355 g/mol. The minimum atomic E-state index is 0.291. The Labute approximate surface area is 156 Å². The van der Waals surface area contributed by atoms with Gasteiger partial charge in [-0.1, -0.05) is 36.4 Å². The number of hydrazine groups is 1. The molecule has 26 heavy (non-hydrogen) atoms. The van der Waals surface area contributed by atoms with Crippen molar-refractivity contribution >= 4 is 5.69 Å². The maximum absolute atomic E-state index is 6.06. The number of anilines is 1. The molecule has 0 spiro atoms. The first-order chi connectivity index (χ1) is 12.7. The third-order valence-electron chi connectivity index (χ3n) is 4.42. The molecule has 0 aromatic heterocycles. The minimum Gasteiger partial charge on any atom is -0.492 e. The zero-order valence-electron chi connectivity index (χ0n) is 15.7. The van der Waals surface area contributed by atoms with Gasteiger partial charge in [-0.25, -0.2) is 5.43 Å². The monoisotopic (exact) mass is 355 g/mol. The van der Waals surface area contributed by atoms with Crippen molar-refractivity contribution in [3.63, 3.8) is 0 Å². The average Bonchev–Trinajstić information content (AvgIpc) is 2.63. The SMILES string of the molecule is CC1CN(CCOc2ccccc2CNNc2ccccc2)CC(C)O1. The number of para-hydroxylation sites is 2. The van der Waals surface area contributed by atoms with Crippen LogP contribution in [0.25, 0.3) is 0 Å². The lowest BCUT2D eigenvalue weighted by atomic mass is 10.2. The second-order valence-corrected chi connectivity index (χ2v) is 6.82. The summed E-state index contributed by atoms with van der Waals surface area (Å²) in [6.45, 7) is 8.49. The summed E-state index contributed by atoms with van der Waals surface area (Å²) in [5, 5.41) is 0. The molecule has 0 saturated carbocycles. The van der Waals surface area contributed by atoms with Gasteiger partial charge in [0, 0.05) is 37.4 Å². The summed E-state index contributed by atoms with van der Waals surface area (Å²) in [7, 11) is 0. The molecule has 5 heteroatoms. The standard InChI is InChI=1S/C21H29N3O2/c1-17-15-24(16-18(2)26-17)12-13-25-21-11-7-6-8-19(21)14-22-23-20-9-4-3-5-10-20/h3-11,17-18,22-23H,12-16H2,1-2H3. The van der Waals surface area contributed by atoms with E-state index in [-0.39, 0.29) is 0 Å². The van der Waals surface area contributed by atoms with Crippen LogP contribution in [-0.2, 0) is 11.3 Å². The van der Waals surface area contributed by atoms with Crippen LogP contribution in [0.1, 0.15) is 19.4 Å². The van der Waals surface area contributed by atoms with E-state index in [1.807, 2.05) is 48.5 Å². The molecule has 2 N–H and O–H groups in total. The van der Waals surface area contributed by atoms with E-state index in [2.05, 4.69) is 35.7 Å². The van der Waals surface area contributed by atoms with E-state index < -0.39 is 0 Å². The Kier molecular flexibility index (Phi) is 6.89. The number of benzene rings is 2. The van der Waals surface area contributed by atoms with Crippen LogP contribution in [0.3, 0.4) is 0 Å². The Hall–Kier alpha value is -2.08. The third-order valence-corrected chi connectivity index (χ3v) is 4.42. The van der Waals surface area contributed by atoms with Crippen molar-refractivity contribution in [2.24, 2.45) is 0 Å². The van der Waals surface area contributed by atoms with E-state index in [9.17, 15) is 0 Å². The van der Waals surface area contributed by atoms with Crippen molar-refractivity contribution in [2.75, 3.05) is 31.7 Å². The molecule has 0 radical (unpaired) electrons. The first-order valence-corrected chi connectivity index (χ1v) is 9.33. The summed E-state index contributed by atoms with van der Waals surface area (Å²) < 4.78 is 11.8. The van der Waals surface area contributed by atoms with Gasteiger partial charge in [0.2, 0.25) is 0 Å². The molecular formula is C21H29N3O2. The molecular weight excluding hydrogens is 326 g/mol. The van der Waals surface area contributed by atoms with Crippen molar-refractivity contribution < 1.29 is 9.47 Å². The molecule has 3 rings (SSSR count). The molecule has 1 fully saturated rings. The Morgan fingerprint density at radius 2 is 1.69 bits per heavy atom. The number of rotatable bonds is 8. The molecule has 5 nitrogen and oxygen atoms in total. The number of hydrogen-bond acceptors (Lipinski definition) is 5. The van der Waals surface area contributed by atoms with Crippen LogP contribution in [0.5, 0.6) is 5.75 Å². The molecule has 0 aliphatic carbocycles. The van der Waals surface area contributed by atoms with E-state index in [4.69, 9.17) is 9.47 Å². The lowest BCUT2D eigenvalue weighted by molar-refractivity contribution is -0.0699. The number of morpholine rings is 1. The fourth-order valence-electron chi connectivity index (χ4n) is 3.31. The summed E-state index contributed by atoms with van der Waals surface area (Å²) in [5.74, 6) is 0.934. The smallest absolute Gasteiger partial charge is 0.123 e. The Bertz CT molecular complexity index is 655. The molecule has 1 aliphatic heterocycles. The van der Waals surface area contributed by atoms with E-state index in [1.165, 1.54) is 0 Å². The number of ether oxygens (including phenoxy) is 2. The van der Waals surface area contributed by atoms with E-state index in [0.717, 1.165) is 36.6 Å². The van der Waals surface area contributed by atoms with Gasteiger partial charge in [0.05, 0.1) is 12.2 Å². The maximum atomic E-state index is 6.06. The van der Waals surface area contributed by atoms with Crippen LogP contribution in [0.15, 0.2) is 54.6 Å². The number of nitrogens with one attached hydrogen (secondary N) is 2. The van der Waals surface area contributed by atoms with Gasteiger partial charge in [-0.05, 0) is 32.0 Å². The zero-order valence-corrected chi connectivity index (χ0v) is 15.7. The summed E-state index contributed by atoms with van der Waals surface area (Å²) in [6, 6.07) is 18.3. The molecule has 2 aromatic carbocycles. The van der Waals surface area contributed by atoms with Crippen LogP contribution in [0.4, 0.5) is 5.69 Å². The second kappa shape index (κ2) is 9.57. The molecule has 1 saturated heterocycles. The lowest BCUT2D eigenvalue weighted by Crippen LogP contribution is -2.46. The van der Waals surface area contributed by atoms with Crippen molar-refractivity contribution in [3.8, 4) is 5.75 Å². The molecule has 2 atom stereocenters. The normalized spacial score (nSPS) is 20.7. The molecule has 2 aromatic rings. The third kappa shape index (κ3) is 5.73. The Morgan fingerprint density at radius 3 is 2.46 bits per heavy atom.